The highest BCUT2D eigenvalue weighted by molar-refractivity contribution is 6.02. The second-order valence-corrected chi connectivity index (χ2v) is 7.75. The lowest BCUT2D eigenvalue weighted by molar-refractivity contribution is -0.143. The van der Waals surface area contributed by atoms with E-state index in [9.17, 15) is 19.5 Å². The van der Waals surface area contributed by atoms with E-state index in [1.165, 1.54) is 0 Å². The average Bonchev–Trinajstić information content (AvgIpc) is 3.55. The fourth-order valence-corrected chi connectivity index (χ4v) is 3.68. The Morgan fingerprint density at radius 1 is 1.10 bits per heavy atom. The van der Waals surface area contributed by atoms with Crippen LogP contribution in [0.1, 0.15) is 36.0 Å². The van der Waals surface area contributed by atoms with E-state index in [1.807, 2.05) is 24.3 Å². The third kappa shape index (κ3) is 4.50. The first-order chi connectivity index (χ1) is 14.0. The van der Waals surface area contributed by atoms with E-state index in [4.69, 9.17) is 4.74 Å². The molecule has 7 heteroatoms. The quantitative estimate of drug-likeness (QED) is 0.782. The van der Waals surface area contributed by atoms with Crippen molar-refractivity contribution in [2.24, 2.45) is 5.92 Å². The van der Waals surface area contributed by atoms with Crippen molar-refractivity contribution in [1.29, 1.82) is 0 Å². The van der Waals surface area contributed by atoms with E-state index in [0.29, 0.717) is 30.7 Å². The monoisotopic (exact) mass is 396 g/mol. The summed E-state index contributed by atoms with van der Waals surface area (Å²) in [6, 6.07) is 11.4. The highest BCUT2D eigenvalue weighted by Gasteiger charge is 2.30. The molecule has 4 rings (SSSR count). The van der Waals surface area contributed by atoms with Crippen LogP contribution in [0.25, 0.3) is 10.8 Å². The Hall–Kier alpha value is -3.09. The van der Waals surface area contributed by atoms with Crippen molar-refractivity contribution in [3.05, 3.63) is 42.0 Å². The van der Waals surface area contributed by atoms with E-state index < -0.39 is 11.9 Å². The predicted octanol–water partition coefficient (Wildman–Crippen LogP) is 2.43. The van der Waals surface area contributed by atoms with Gasteiger partial charge < -0.3 is 20.1 Å². The highest BCUT2D eigenvalue weighted by Crippen LogP contribution is 2.29. The summed E-state index contributed by atoms with van der Waals surface area (Å²) in [5.41, 5.74) is 0.356. The van der Waals surface area contributed by atoms with Crippen molar-refractivity contribution in [2.75, 3.05) is 19.7 Å². The molecule has 0 spiro atoms. The Balaban J connectivity index is 1.59. The Labute approximate surface area is 168 Å². The Kier molecular flexibility index (Phi) is 5.38. The molecule has 2 aromatic carbocycles. The van der Waals surface area contributed by atoms with Crippen LogP contribution in [0.3, 0.4) is 0 Å². The zero-order valence-electron chi connectivity index (χ0n) is 16.1. The van der Waals surface area contributed by atoms with Crippen molar-refractivity contribution in [3.63, 3.8) is 0 Å². The molecule has 1 unspecified atom stereocenters. The first kappa shape index (κ1) is 19.2. The molecule has 2 amide bonds. The highest BCUT2D eigenvalue weighted by atomic mass is 16.5. The van der Waals surface area contributed by atoms with Crippen molar-refractivity contribution in [2.45, 2.75) is 31.7 Å². The Morgan fingerprint density at radius 2 is 1.83 bits per heavy atom. The van der Waals surface area contributed by atoms with Crippen molar-refractivity contribution >= 4 is 28.6 Å². The maximum Gasteiger partial charge on any atom is 0.308 e. The lowest BCUT2D eigenvalue weighted by Crippen LogP contribution is -2.42. The summed E-state index contributed by atoms with van der Waals surface area (Å²) in [6.07, 6.45) is 3.20. The van der Waals surface area contributed by atoms with Crippen LogP contribution >= 0.6 is 0 Å². The number of amides is 2. The van der Waals surface area contributed by atoms with Gasteiger partial charge >= 0.3 is 5.97 Å². The van der Waals surface area contributed by atoms with Gasteiger partial charge in [0.2, 0.25) is 0 Å². The molecule has 1 heterocycles. The van der Waals surface area contributed by atoms with Crippen LogP contribution in [0, 0.1) is 5.92 Å². The molecule has 152 valence electrons. The third-order valence-electron chi connectivity index (χ3n) is 5.44. The number of nitrogens with zero attached hydrogens (tertiary/aromatic N) is 1. The van der Waals surface area contributed by atoms with E-state index in [-0.39, 0.29) is 31.0 Å². The van der Waals surface area contributed by atoms with Crippen LogP contribution in [0.15, 0.2) is 36.4 Å². The number of carbonyl (C=O) groups excluding carboxylic acids is 2. The SMILES string of the molecule is O=C(COc1cc2ccccc2cc1C(=O)N1CCCC(C(=O)O)C1)NC1CC1. The zero-order valence-corrected chi connectivity index (χ0v) is 16.1. The Morgan fingerprint density at radius 3 is 2.52 bits per heavy atom. The molecule has 29 heavy (non-hydrogen) atoms. The molecule has 1 aliphatic heterocycles. The normalized spacial score (nSPS) is 19.0. The summed E-state index contributed by atoms with van der Waals surface area (Å²) in [6.45, 7) is 0.534. The number of nitrogens with one attached hydrogen (secondary N) is 1. The number of aliphatic carboxylic acids is 1. The second kappa shape index (κ2) is 8.11. The molecule has 1 saturated heterocycles. The van der Waals surface area contributed by atoms with E-state index in [0.717, 1.165) is 23.6 Å². The summed E-state index contributed by atoms with van der Waals surface area (Å²) in [7, 11) is 0. The molecular weight excluding hydrogens is 372 g/mol. The number of carboxylic acids is 1. The van der Waals surface area contributed by atoms with Crippen LogP contribution < -0.4 is 10.1 Å². The van der Waals surface area contributed by atoms with Crippen LogP contribution in [-0.2, 0) is 9.59 Å². The molecule has 2 aromatic rings. The van der Waals surface area contributed by atoms with Gasteiger partial charge in [0.05, 0.1) is 11.5 Å². The van der Waals surface area contributed by atoms with Gasteiger partial charge in [-0.1, -0.05) is 24.3 Å². The summed E-state index contributed by atoms with van der Waals surface area (Å²) < 4.78 is 5.75. The van der Waals surface area contributed by atoms with Gasteiger partial charge in [0, 0.05) is 19.1 Å². The van der Waals surface area contributed by atoms with Gasteiger partial charge in [0.25, 0.3) is 11.8 Å². The maximum atomic E-state index is 13.2. The molecular formula is C22H24N2O5. The first-order valence-corrected chi connectivity index (χ1v) is 9.98. The molecule has 2 N–H and O–H groups in total. The maximum absolute atomic E-state index is 13.2. The minimum Gasteiger partial charge on any atom is -0.483 e. The number of hydrogen-bond donors (Lipinski definition) is 2. The molecule has 7 nitrogen and oxygen atoms in total. The summed E-state index contributed by atoms with van der Waals surface area (Å²) >= 11 is 0. The number of fused-ring (bicyclic) bond motifs is 1. The molecule has 2 aliphatic rings. The fraction of sp³-hybridized carbons (Fsp3) is 0.409. The van der Waals surface area contributed by atoms with Gasteiger partial charge in [0.1, 0.15) is 5.75 Å². The predicted molar refractivity (Wildman–Crippen MR) is 107 cm³/mol. The van der Waals surface area contributed by atoms with Gasteiger partial charge in [-0.25, -0.2) is 0 Å². The minimum atomic E-state index is -0.880. The molecule has 1 saturated carbocycles. The van der Waals surface area contributed by atoms with Gasteiger partial charge in [-0.2, -0.15) is 0 Å². The first-order valence-electron chi connectivity index (χ1n) is 9.98. The summed E-state index contributed by atoms with van der Waals surface area (Å²) in [5, 5.41) is 14.0. The van der Waals surface area contributed by atoms with Crippen molar-refractivity contribution < 1.29 is 24.2 Å². The van der Waals surface area contributed by atoms with E-state index in [2.05, 4.69) is 5.32 Å². The number of likely N-dealkylation sites (tertiary alicyclic amines) is 1. The number of hydrogen-bond acceptors (Lipinski definition) is 4. The Bertz CT molecular complexity index is 953. The van der Waals surface area contributed by atoms with Crippen molar-refractivity contribution in [3.8, 4) is 5.75 Å². The largest absolute Gasteiger partial charge is 0.483 e. The molecule has 0 radical (unpaired) electrons. The number of carboxylic acid groups (broad SMARTS) is 1. The smallest absolute Gasteiger partial charge is 0.308 e. The number of piperidine rings is 1. The van der Waals surface area contributed by atoms with Crippen LogP contribution in [-0.4, -0.2) is 53.5 Å². The topological polar surface area (TPSA) is 95.9 Å². The molecule has 0 bridgehead atoms. The standard InChI is InChI=1S/C22H24N2O5/c25-20(23-17-7-8-17)13-29-19-11-15-5-2-1-4-14(15)10-18(19)21(26)24-9-3-6-16(12-24)22(27)28/h1-2,4-5,10-11,16-17H,3,6-9,12-13H2,(H,23,25)(H,27,28). The van der Waals surface area contributed by atoms with Gasteiger partial charge in [-0.15, -0.1) is 0 Å². The van der Waals surface area contributed by atoms with Gasteiger partial charge in [0.15, 0.2) is 6.61 Å². The number of rotatable bonds is 6. The van der Waals surface area contributed by atoms with E-state index >= 15 is 0 Å². The summed E-state index contributed by atoms with van der Waals surface area (Å²) in [4.78, 5) is 38.2. The van der Waals surface area contributed by atoms with Crippen molar-refractivity contribution in [1.82, 2.24) is 10.2 Å². The number of ether oxygens (including phenoxy) is 1. The number of carbonyl (C=O) groups is 3. The van der Waals surface area contributed by atoms with Crippen LogP contribution in [0.2, 0.25) is 0 Å². The average molecular weight is 396 g/mol. The molecule has 2 fully saturated rings. The van der Waals surface area contributed by atoms with Crippen LogP contribution in [0.5, 0.6) is 5.75 Å². The van der Waals surface area contributed by atoms with Gasteiger partial charge in [-0.05, 0) is 48.6 Å². The fourth-order valence-electron chi connectivity index (χ4n) is 3.68. The molecule has 1 aliphatic carbocycles. The lowest BCUT2D eigenvalue weighted by Gasteiger charge is -2.31. The van der Waals surface area contributed by atoms with Gasteiger partial charge in [-0.3, -0.25) is 14.4 Å². The molecule has 1 atom stereocenters. The second-order valence-electron chi connectivity index (χ2n) is 7.75. The number of benzene rings is 2. The third-order valence-corrected chi connectivity index (χ3v) is 5.44. The zero-order chi connectivity index (χ0) is 20.4. The minimum absolute atomic E-state index is 0.160. The van der Waals surface area contributed by atoms with E-state index in [1.54, 1.807) is 17.0 Å². The lowest BCUT2D eigenvalue weighted by atomic mass is 9.97. The summed E-state index contributed by atoms with van der Waals surface area (Å²) in [5.74, 6) is -1.56. The molecule has 0 aromatic heterocycles. The van der Waals surface area contributed by atoms with Crippen LogP contribution in [0.4, 0.5) is 0 Å².